The van der Waals surface area contributed by atoms with Gasteiger partial charge in [0.15, 0.2) is 0 Å². The Morgan fingerprint density at radius 1 is 1.28 bits per heavy atom. The Balaban J connectivity index is 1.76. The molecule has 0 saturated heterocycles. The van der Waals surface area contributed by atoms with E-state index in [-0.39, 0.29) is 42.8 Å². The first kappa shape index (κ1) is 21.1. The van der Waals surface area contributed by atoms with Crippen LogP contribution in [0.4, 0.5) is 8.78 Å². The van der Waals surface area contributed by atoms with Gasteiger partial charge in [0.05, 0.1) is 5.71 Å². The first-order chi connectivity index (χ1) is 13.9. The lowest BCUT2D eigenvalue weighted by Gasteiger charge is -2.21. The summed E-state index contributed by atoms with van der Waals surface area (Å²) in [6.07, 6.45) is 1.61. The van der Waals surface area contributed by atoms with Crippen LogP contribution in [0.2, 0.25) is 0 Å². The largest absolute Gasteiger partial charge is 0.403 e. The highest BCUT2D eigenvalue weighted by molar-refractivity contribution is 5.84. The molecule has 3 rings (SSSR count). The van der Waals surface area contributed by atoms with Gasteiger partial charge in [-0.05, 0) is 37.7 Å². The Kier molecular flexibility index (Phi) is 6.73. The molecule has 10 heteroatoms. The molecule has 158 valence electrons. The van der Waals surface area contributed by atoms with Crippen LogP contribution < -0.4 is 16.0 Å². The fourth-order valence-corrected chi connectivity index (χ4v) is 3.08. The van der Waals surface area contributed by atoms with Gasteiger partial charge in [-0.15, -0.1) is 0 Å². The van der Waals surface area contributed by atoms with Crippen molar-refractivity contribution in [1.82, 2.24) is 9.97 Å². The van der Waals surface area contributed by atoms with Crippen LogP contribution in [0.1, 0.15) is 51.0 Å². The topological polar surface area (TPSA) is 107 Å². The van der Waals surface area contributed by atoms with Crippen LogP contribution in [-0.2, 0) is 11.2 Å². The summed E-state index contributed by atoms with van der Waals surface area (Å²) in [5.41, 5.74) is -0.352. The Labute approximate surface area is 164 Å². The highest BCUT2D eigenvalue weighted by Crippen LogP contribution is 2.31. The van der Waals surface area contributed by atoms with Crippen LogP contribution in [0.25, 0.3) is 11.1 Å². The second-order valence-corrected chi connectivity index (χ2v) is 6.96. The molecule has 0 spiro atoms. The van der Waals surface area contributed by atoms with Crippen molar-refractivity contribution >= 4 is 16.8 Å². The number of fused-ring (bicyclic) bond motifs is 1. The van der Waals surface area contributed by atoms with Gasteiger partial charge in [0.25, 0.3) is 5.56 Å². The van der Waals surface area contributed by atoms with E-state index in [1.54, 1.807) is 0 Å². The number of aromatic amines is 1. The zero-order chi connectivity index (χ0) is 20.9. The second-order valence-electron chi connectivity index (χ2n) is 6.96. The van der Waals surface area contributed by atoms with Gasteiger partial charge in [0.1, 0.15) is 5.39 Å². The highest BCUT2D eigenvalue weighted by atomic mass is 19.3. The maximum Gasteiger partial charge on any atom is 0.337 e. The lowest BCUT2D eigenvalue weighted by molar-refractivity contribution is -0.0185. The van der Waals surface area contributed by atoms with Gasteiger partial charge in [0, 0.05) is 32.1 Å². The van der Waals surface area contributed by atoms with E-state index in [1.807, 2.05) is 6.92 Å². The minimum Gasteiger partial charge on any atom is -0.403 e. The standard InChI is InChI=1S/C19H23F2N3O5/c1-2-9-27-10-3-4-12-11-14(25)28-17-15(12)16(26)22-18(23-17)29-24-13-5-7-19(20,21)8-6-13/h11H,2-10H2,1H3,(H,22,23,26). The monoisotopic (exact) mass is 411 g/mol. The summed E-state index contributed by atoms with van der Waals surface area (Å²) >= 11 is 0. The lowest BCUT2D eigenvalue weighted by atomic mass is 9.95. The summed E-state index contributed by atoms with van der Waals surface area (Å²) in [5, 5.41) is 3.97. The zero-order valence-electron chi connectivity index (χ0n) is 16.1. The molecule has 2 aromatic rings. The maximum atomic E-state index is 13.2. The fourth-order valence-electron chi connectivity index (χ4n) is 3.08. The summed E-state index contributed by atoms with van der Waals surface area (Å²) in [7, 11) is 0. The molecule has 0 radical (unpaired) electrons. The van der Waals surface area contributed by atoms with Gasteiger partial charge < -0.3 is 14.0 Å². The number of H-pyrrole nitrogens is 1. The third-order valence-corrected chi connectivity index (χ3v) is 4.58. The second kappa shape index (κ2) is 9.25. The lowest BCUT2D eigenvalue weighted by Crippen LogP contribution is -2.25. The number of alkyl halides is 2. The average molecular weight is 411 g/mol. The number of hydrogen-bond acceptors (Lipinski definition) is 7. The van der Waals surface area contributed by atoms with E-state index in [4.69, 9.17) is 14.0 Å². The molecule has 1 fully saturated rings. The predicted octanol–water partition coefficient (Wildman–Crippen LogP) is 3.18. The Morgan fingerprint density at radius 3 is 2.76 bits per heavy atom. The molecule has 2 aromatic heterocycles. The summed E-state index contributed by atoms with van der Waals surface area (Å²) in [6, 6.07) is 1.00. The van der Waals surface area contributed by atoms with Gasteiger partial charge in [-0.3, -0.25) is 9.78 Å². The van der Waals surface area contributed by atoms with Gasteiger partial charge in [-0.2, -0.15) is 4.98 Å². The van der Waals surface area contributed by atoms with Crippen molar-refractivity contribution in [3.63, 3.8) is 0 Å². The fraction of sp³-hybridized carbons (Fsp3) is 0.579. The van der Waals surface area contributed by atoms with Crippen LogP contribution in [-0.4, -0.2) is 34.8 Å². The Bertz CT molecular complexity index is 987. The molecule has 1 saturated carbocycles. The number of ether oxygens (including phenoxy) is 1. The van der Waals surface area contributed by atoms with Gasteiger partial charge in [0.2, 0.25) is 11.6 Å². The van der Waals surface area contributed by atoms with Crippen LogP contribution in [0.5, 0.6) is 6.01 Å². The number of nitrogens with zero attached hydrogens (tertiary/aromatic N) is 2. The maximum absolute atomic E-state index is 13.2. The Hall–Kier alpha value is -2.62. The van der Waals surface area contributed by atoms with Crippen LogP contribution in [0.15, 0.2) is 25.2 Å². The number of aryl methyl sites for hydroxylation is 1. The van der Waals surface area contributed by atoms with E-state index in [1.165, 1.54) is 6.07 Å². The van der Waals surface area contributed by atoms with Gasteiger partial charge in [-0.25, -0.2) is 13.6 Å². The summed E-state index contributed by atoms with van der Waals surface area (Å²) in [5.74, 6) is -2.68. The zero-order valence-corrected chi connectivity index (χ0v) is 16.1. The van der Waals surface area contributed by atoms with Crippen LogP contribution >= 0.6 is 0 Å². The van der Waals surface area contributed by atoms with E-state index in [2.05, 4.69) is 15.1 Å². The summed E-state index contributed by atoms with van der Waals surface area (Å²) in [6.45, 7) is 3.18. The van der Waals surface area contributed by atoms with Crippen molar-refractivity contribution in [2.24, 2.45) is 5.16 Å². The predicted molar refractivity (Wildman–Crippen MR) is 102 cm³/mol. The van der Waals surface area contributed by atoms with Crippen LogP contribution in [0, 0.1) is 0 Å². The molecule has 0 aromatic carbocycles. The first-order valence-corrected chi connectivity index (χ1v) is 9.63. The van der Waals surface area contributed by atoms with Crippen molar-refractivity contribution in [2.75, 3.05) is 13.2 Å². The average Bonchev–Trinajstić information content (AvgIpc) is 2.66. The molecule has 8 nitrogen and oxygen atoms in total. The van der Waals surface area contributed by atoms with Gasteiger partial charge >= 0.3 is 11.6 Å². The van der Waals surface area contributed by atoms with Crippen LogP contribution in [0.3, 0.4) is 0 Å². The van der Waals surface area contributed by atoms with E-state index in [0.29, 0.717) is 37.3 Å². The molecule has 0 atom stereocenters. The van der Waals surface area contributed by atoms with E-state index < -0.39 is 17.1 Å². The summed E-state index contributed by atoms with van der Waals surface area (Å²) < 4.78 is 36.8. The highest BCUT2D eigenvalue weighted by Gasteiger charge is 2.33. The SMILES string of the molecule is CCCOCCCc1cc(=O)oc2nc(ON=C3CCC(F)(F)CC3)[nH]c(=O)c12. The molecule has 0 bridgehead atoms. The van der Waals surface area contributed by atoms with Crippen molar-refractivity contribution in [3.8, 4) is 6.01 Å². The number of oxime groups is 1. The minimum absolute atomic E-state index is 0.101. The molecule has 0 amide bonds. The Morgan fingerprint density at radius 2 is 2.03 bits per heavy atom. The molecule has 1 aliphatic carbocycles. The third-order valence-electron chi connectivity index (χ3n) is 4.58. The molecule has 0 unspecified atom stereocenters. The molecule has 1 N–H and O–H groups in total. The number of nitrogens with one attached hydrogen (secondary N) is 1. The van der Waals surface area contributed by atoms with Crippen molar-refractivity contribution in [3.05, 3.63) is 32.4 Å². The third kappa shape index (κ3) is 5.69. The van der Waals surface area contributed by atoms with E-state index in [0.717, 1.165) is 6.42 Å². The first-order valence-electron chi connectivity index (χ1n) is 9.63. The summed E-state index contributed by atoms with van der Waals surface area (Å²) in [4.78, 5) is 35.9. The number of hydrogen-bond donors (Lipinski definition) is 1. The normalized spacial score (nSPS) is 16.2. The molecule has 0 aliphatic heterocycles. The molecule has 1 aliphatic rings. The van der Waals surface area contributed by atoms with Crippen molar-refractivity contribution in [2.45, 2.75) is 57.8 Å². The minimum atomic E-state index is -2.68. The molecular formula is C19H23F2N3O5. The smallest absolute Gasteiger partial charge is 0.337 e. The quantitative estimate of drug-likeness (QED) is 0.528. The van der Waals surface area contributed by atoms with Crippen molar-refractivity contribution in [1.29, 1.82) is 0 Å². The molecule has 2 heterocycles. The number of rotatable bonds is 8. The molecular weight excluding hydrogens is 388 g/mol. The molecule has 29 heavy (non-hydrogen) atoms. The van der Waals surface area contributed by atoms with E-state index >= 15 is 0 Å². The number of halogens is 2. The van der Waals surface area contributed by atoms with Gasteiger partial charge in [-0.1, -0.05) is 12.1 Å². The van der Waals surface area contributed by atoms with E-state index in [9.17, 15) is 18.4 Å². The number of aromatic nitrogens is 2. The van der Waals surface area contributed by atoms with Crippen molar-refractivity contribution < 1.29 is 22.8 Å².